The first kappa shape index (κ1) is 22.2. The number of benzene rings is 2. The van der Waals surface area contributed by atoms with E-state index in [0.29, 0.717) is 12.2 Å². The van der Waals surface area contributed by atoms with Gasteiger partial charge in [-0.1, -0.05) is 50.8 Å². The maximum atomic E-state index is 12.7. The van der Waals surface area contributed by atoms with Crippen molar-refractivity contribution in [3.8, 4) is 11.5 Å². The average Bonchev–Trinajstić information content (AvgIpc) is 2.69. The number of anilines is 2. The van der Waals surface area contributed by atoms with E-state index in [2.05, 4.69) is 22.9 Å². The van der Waals surface area contributed by atoms with E-state index in [1.54, 1.807) is 30.3 Å². The lowest BCUT2D eigenvalue weighted by molar-refractivity contribution is -0.126. The molecule has 7 heteroatoms. The van der Waals surface area contributed by atoms with Crippen molar-refractivity contribution in [2.24, 2.45) is 0 Å². The van der Waals surface area contributed by atoms with Gasteiger partial charge in [-0.3, -0.25) is 14.9 Å². The number of para-hydroxylation sites is 2. The predicted molar refractivity (Wildman–Crippen MR) is 114 cm³/mol. The number of aromatic hydroxyl groups is 2. The standard InChI is InChI=1S/C22H29N3O4/c1-2-3-4-5-8-14-23-20(21(28)24-16-10-9-11-17(26)15-16)22(29)25-18-12-6-7-13-19(18)27/h6-7,9-13,15,20,23,26-27H,2-5,8,14H2,1H3,(H,24,28)(H,25,29). The van der Waals surface area contributed by atoms with E-state index < -0.39 is 17.9 Å². The maximum Gasteiger partial charge on any atom is 0.251 e. The van der Waals surface area contributed by atoms with Gasteiger partial charge in [0.25, 0.3) is 11.8 Å². The molecule has 0 aromatic heterocycles. The Hall–Kier alpha value is -3.06. The second kappa shape index (κ2) is 11.7. The highest BCUT2D eigenvalue weighted by Gasteiger charge is 2.27. The van der Waals surface area contributed by atoms with Gasteiger partial charge in [0.05, 0.1) is 5.69 Å². The van der Waals surface area contributed by atoms with E-state index in [1.165, 1.54) is 18.2 Å². The number of phenolic OH excluding ortho intramolecular Hbond substituents is 2. The van der Waals surface area contributed by atoms with Crippen molar-refractivity contribution in [3.05, 3.63) is 48.5 Å². The van der Waals surface area contributed by atoms with Crippen molar-refractivity contribution >= 4 is 23.2 Å². The summed E-state index contributed by atoms with van der Waals surface area (Å²) in [6.45, 7) is 2.65. The van der Waals surface area contributed by atoms with Gasteiger partial charge in [-0.05, 0) is 37.2 Å². The zero-order valence-electron chi connectivity index (χ0n) is 16.6. The Morgan fingerprint density at radius 1 is 0.897 bits per heavy atom. The van der Waals surface area contributed by atoms with Crippen molar-refractivity contribution in [1.82, 2.24) is 5.32 Å². The summed E-state index contributed by atoms with van der Waals surface area (Å²) >= 11 is 0. The Kier molecular flexibility index (Phi) is 8.98. The van der Waals surface area contributed by atoms with Crippen molar-refractivity contribution in [3.63, 3.8) is 0 Å². The van der Waals surface area contributed by atoms with Crippen LogP contribution in [0.4, 0.5) is 11.4 Å². The molecule has 1 atom stereocenters. The minimum Gasteiger partial charge on any atom is -0.508 e. The highest BCUT2D eigenvalue weighted by molar-refractivity contribution is 6.14. The zero-order chi connectivity index (χ0) is 21.1. The highest BCUT2D eigenvalue weighted by atomic mass is 16.3. The normalized spacial score (nSPS) is 11.6. The molecule has 7 nitrogen and oxygen atoms in total. The maximum absolute atomic E-state index is 12.7. The molecule has 0 saturated carbocycles. The third-order valence-corrected chi connectivity index (χ3v) is 4.43. The lowest BCUT2D eigenvalue weighted by atomic mass is 10.1. The molecule has 0 spiro atoms. The molecule has 29 heavy (non-hydrogen) atoms. The first-order valence-corrected chi connectivity index (χ1v) is 9.93. The van der Waals surface area contributed by atoms with Crippen LogP contribution in [-0.2, 0) is 9.59 Å². The van der Waals surface area contributed by atoms with Crippen LogP contribution in [-0.4, -0.2) is 34.6 Å². The van der Waals surface area contributed by atoms with Gasteiger partial charge in [0.15, 0.2) is 6.04 Å². The number of carbonyl (C=O) groups excluding carboxylic acids is 2. The number of hydrogen-bond acceptors (Lipinski definition) is 5. The van der Waals surface area contributed by atoms with Crippen LogP contribution in [0.25, 0.3) is 0 Å². The molecule has 156 valence electrons. The number of rotatable bonds is 11. The molecule has 0 aliphatic heterocycles. The number of phenols is 2. The highest BCUT2D eigenvalue weighted by Crippen LogP contribution is 2.22. The van der Waals surface area contributed by atoms with Gasteiger partial charge >= 0.3 is 0 Å². The summed E-state index contributed by atoms with van der Waals surface area (Å²) in [5.41, 5.74) is 0.623. The molecule has 2 aromatic rings. The van der Waals surface area contributed by atoms with E-state index in [4.69, 9.17) is 0 Å². The summed E-state index contributed by atoms with van der Waals surface area (Å²) < 4.78 is 0. The van der Waals surface area contributed by atoms with Gasteiger partial charge in [0.1, 0.15) is 11.5 Å². The van der Waals surface area contributed by atoms with Crippen LogP contribution in [0, 0.1) is 0 Å². The Balaban J connectivity index is 2.04. The molecule has 2 amide bonds. The third-order valence-electron chi connectivity index (χ3n) is 4.43. The largest absolute Gasteiger partial charge is 0.508 e. The summed E-state index contributed by atoms with van der Waals surface area (Å²) in [5, 5.41) is 27.7. The van der Waals surface area contributed by atoms with Crippen LogP contribution in [0.5, 0.6) is 11.5 Å². The topological polar surface area (TPSA) is 111 Å². The number of carbonyl (C=O) groups is 2. The van der Waals surface area contributed by atoms with Crippen LogP contribution in [0.1, 0.15) is 39.0 Å². The van der Waals surface area contributed by atoms with Gasteiger partial charge in [-0.15, -0.1) is 0 Å². The Bertz CT molecular complexity index is 810. The summed E-state index contributed by atoms with van der Waals surface area (Å²) in [5.74, 6) is -1.18. The first-order valence-electron chi connectivity index (χ1n) is 9.93. The molecule has 0 radical (unpaired) electrons. The van der Waals surface area contributed by atoms with Crippen molar-refractivity contribution in [2.45, 2.75) is 45.1 Å². The molecule has 0 heterocycles. The van der Waals surface area contributed by atoms with E-state index in [-0.39, 0.29) is 17.2 Å². The lowest BCUT2D eigenvalue weighted by Gasteiger charge is -2.19. The van der Waals surface area contributed by atoms with Crippen LogP contribution in [0.2, 0.25) is 0 Å². The Labute approximate surface area is 171 Å². The first-order chi connectivity index (χ1) is 14.0. The SMILES string of the molecule is CCCCCCCNC(C(=O)Nc1cccc(O)c1)C(=O)Nc1ccccc1O. The Morgan fingerprint density at radius 2 is 1.62 bits per heavy atom. The Morgan fingerprint density at radius 3 is 2.34 bits per heavy atom. The molecule has 1 unspecified atom stereocenters. The lowest BCUT2D eigenvalue weighted by Crippen LogP contribution is -2.49. The second-order valence-corrected chi connectivity index (χ2v) is 6.85. The molecule has 0 bridgehead atoms. The van der Waals surface area contributed by atoms with Crippen molar-refractivity contribution in [2.75, 3.05) is 17.2 Å². The van der Waals surface area contributed by atoms with E-state index in [1.807, 2.05) is 0 Å². The minimum absolute atomic E-state index is 0.0156. The van der Waals surface area contributed by atoms with Gasteiger partial charge < -0.3 is 20.8 Å². The summed E-state index contributed by atoms with van der Waals surface area (Å²) in [6.07, 6.45) is 5.28. The fourth-order valence-corrected chi connectivity index (χ4v) is 2.86. The van der Waals surface area contributed by atoms with Crippen LogP contribution in [0.15, 0.2) is 48.5 Å². The number of unbranched alkanes of at least 4 members (excludes halogenated alkanes) is 4. The van der Waals surface area contributed by atoms with Gasteiger partial charge in [0, 0.05) is 11.8 Å². The molecular weight excluding hydrogens is 370 g/mol. The summed E-state index contributed by atoms with van der Waals surface area (Å²) in [7, 11) is 0. The third kappa shape index (κ3) is 7.46. The smallest absolute Gasteiger partial charge is 0.251 e. The van der Waals surface area contributed by atoms with Crippen LogP contribution < -0.4 is 16.0 Å². The minimum atomic E-state index is -1.15. The number of amides is 2. The molecule has 2 aromatic carbocycles. The van der Waals surface area contributed by atoms with Gasteiger partial charge in [-0.2, -0.15) is 0 Å². The van der Waals surface area contributed by atoms with Gasteiger partial charge in [0.2, 0.25) is 0 Å². The summed E-state index contributed by atoms with van der Waals surface area (Å²) in [6, 6.07) is 11.3. The second-order valence-electron chi connectivity index (χ2n) is 6.85. The number of nitrogens with one attached hydrogen (secondary N) is 3. The van der Waals surface area contributed by atoms with E-state index >= 15 is 0 Å². The van der Waals surface area contributed by atoms with Crippen molar-refractivity contribution in [1.29, 1.82) is 0 Å². The van der Waals surface area contributed by atoms with Gasteiger partial charge in [-0.25, -0.2) is 0 Å². The molecule has 0 aliphatic rings. The molecule has 5 N–H and O–H groups in total. The van der Waals surface area contributed by atoms with E-state index in [9.17, 15) is 19.8 Å². The fourth-order valence-electron chi connectivity index (χ4n) is 2.86. The number of hydrogen-bond donors (Lipinski definition) is 5. The summed E-state index contributed by atoms with van der Waals surface area (Å²) in [4.78, 5) is 25.5. The van der Waals surface area contributed by atoms with Crippen molar-refractivity contribution < 1.29 is 19.8 Å². The molecule has 0 fully saturated rings. The molecule has 2 rings (SSSR count). The monoisotopic (exact) mass is 399 g/mol. The molecule has 0 saturated heterocycles. The fraction of sp³-hybridized carbons (Fsp3) is 0.364. The molecule has 0 aliphatic carbocycles. The molecular formula is C22H29N3O4. The average molecular weight is 399 g/mol. The quantitative estimate of drug-likeness (QED) is 0.225. The predicted octanol–water partition coefficient (Wildman–Crippen LogP) is 3.60. The van der Waals surface area contributed by atoms with Crippen LogP contribution in [0.3, 0.4) is 0 Å². The van der Waals surface area contributed by atoms with E-state index in [0.717, 1.165) is 32.1 Å². The van der Waals surface area contributed by atoms with Crippen LogP contribution >= 0.6 is 0 Å². The zero-order valence-corrected chi connectivity index (χ0v) is 16.6.